The molecule has 0 aliphatic heterocycles. The molecule has 1 aromatic rings. The van der Waals surface area contributed by atoms with Gasteiger partial charge in [-0.15, -0.1) is 0 Å². The zero-order valence-corrected chi connectivity index (χ0v) is 24.4. The second kappa shape index (κ2) is 17.4. The maximum absolute atomic E-state index is 8.49. The molecule has 1 unspecified atom stereocenters. The molecule has 0 saturated heterocycles. The van der Waals surface area contributed by atoms with Gasteiger partial charge in [0.25, 0.3) is 0 Å². The van der Waals surface area contributed by atoms with Crippen LogP contribution in [0.15, 0.2) is 61.2 Å². The molecule has 1 aromatic carbocycles. The first-order valence-electron chi connectivity index (χ1n) is 12.4. The minimum atomic E-state index is 0.432. The molecule has 0 fully saturated rings. The third-order valence-electron chi connectivity index (χ3n) is 5.23. The molecule has 1 rings (SSSR count). The summed E-state index contributed by atoms with van der Waals surface area (Å²) in [7, 11) is 0. The van der Waals surface area contributed by atoms with Gasteiger partial charge < -0.3 is 0 Å². The van der Waals surface area contributed by atoms with Crippen LogP contribution in [0.25, 0.3) is 5.57 Å². The van der Waals surface area contributed by atoms with Crippen molar-refractivity contribution in [1.82, 2.24) is 0 Å². The molecule has 0 radical (unpaired) electrons. The molecule has 0 N–H and O–H groups in total. The Bertz CT molecular complexity index is 707. The molecule has 0 heterocycles. The third kappa shape index (κ3) is 24.4. The highest BCUT2D eigenvalue weighted by molar-refractivity contribution is 5.72. The van der Waals surface area contributed by atoms with Crippen LogP contribution in [0, 0.1) is 33.5 Å². The Morgan fingerprint density at radius 1 is 0.879 bits per heavy atom. The van der Waals surface area contributed by atoms with Crippen LogP contribution in [0.4, 0.5) is 0 Å². The first kappa shape index (κ1) is 35.5. The Balaban J connectivity index is -0.000000423. The standard InChI is InChI=1S/C13H11N.C11H24.C6H14.C2H6/c1-11(10-14)8-9-12(2)13-6-4-3-5-7-13;1-9(11(5,6)7)8-10(2,3)4;1-5-6(2,3)4;1-2/h3-9H,1-2H2;9H,8H2,1-7H3;5H2,1-4H3;1-2H3/b9-8-;;;. The van der Waals surface area contributed by atoms with Crippen molar-refractivity contribution in [2.24, 2.45) is 22.2 Å². The fourth-order valence-corrected chi connectivity index (χ4v) is 2.21. The van der Waals surface area contributed by atoms with Gasteiger partial charge in [-0.25, -0.2) is 0 Å². The van der Waals surface area contributed by atoms with E-state index in [0.717, 1.165) is 17.1 Å². The lowest BCUT2D eigenvalue weighted by Gasteiger charge is -2.32. The summed E-state index contributed by atoms with van der Waals surface area (Å²) in [5, 5.41) is 8.49. The smallest absolute Gasteiger partial charge is 0.0985 e. The summed E-state index contributed by atoms with van der Waals surface area (Å²) in [6.07, 6.45) is 6.04. The van der Waals surface area contributed by atoms with Crippen molar-refractivity contribution in [3.05, 3.63) is 66.8 Å². The molecule has 0 bridgehead atoms. The molecule has 0 saturated carbocycles. The second-order valence-electron chi connectivity index (χ2n) is 11.8. The minimum Gasteiger partial charge on any atom is -0.192 e. The van der Waals surface area contributed by atoms with Gasteiger partial charge in [-0.1, -0.05) is 146 Å². The Kier molecular flexibility index (Phi) is 18.7. The molecular weight excluding hydrogens is 398 g/mol. The zero-order valence-electron chi connectivity index (χ0n) is 24.4. The first-order valence-corrected chi connectivity index (χ1v) is 12.4. The van der Waals surface area contributed by atoms with Gasteiger partial charge >= 0.3 is 0 Å². The number of allylic oxidation sites excluding steroid dienone is 4. The highest BCUT2D eigenvalue weighted by Gasteiger charge is 2.24. The molecular formula is C32H55N. The van der Waals surface area contributed by atoms with Crippen LogP contribution in [-0.4, -0.2) is 0 Å². The molecule has 0 spiro atoms. The SMILES string of the molecule is C=C(C#N)/C=C\C(=C)c1ccccc1.CC.CC(CC(C)(C)C)C(C)(C)C.CCC(C)(C)C. The predicted octanol–water partition coefficient (Wildman–Crippen LogP) is 10.9. The van der Waals surface area contributed by atoms with Crippen molar-refractivity contribution < 1.29 is 0 Å². The lowest BCUT2D eigenvalue weighted by atomic mass is 9.73. The highest BCUT2D eigenvalue weighted by atomic mass is 14.3. The average molecular weight is 454 g/mol. The summed E-state index contributed by atoms with van der Waals surface area (Å²) < 4.78 is 0. The van der Waals surface area contributed by atoms with Crippen molar-refractivity contribution in [2.75, 3.05) is 0 Å². The third-order valence-corrected chi connectivity index (χ3v) is 5.23. The lowest BCUT2D eigenvalue weighted by molar-refractivity contribution is 0.182. The molecule has 0 aliphatic carbocycles. The van der Waals surface area contributed by atoms with E-state index in [9.17, 15) is 0 Å². The van der Waals surface area contributed by atoms with E-state index in [-0.39, 0.29) is 0 Å². The quantitative estimate of drug-likeness (QED) is 0.328. The van der Waals surface area contributed by atoms with E-state index in [0.29, 0.717) is 21.8 Å². The zero-order chi connectivity index (χ0) is 26.9. The predicted molar refractivity (Wildman–Crippen MR) is 153 cm³/mol. The molecule has 1 atom stereocenters. The molecule has 0 aromatic heterocycles. The van der Waals surface area contributed by atoms with E-state index in [1.54, 1.807) is 12.2 Å². The molecule has 0 amide bonds. The summed E-state index contributed by atoms with van der Waals surface area (Å²) in [4.78, 5) is 0. The van der Waals surface area contributed by atoms with Crippen molar-refractivity contribution in [3.8, 4) is 6.07 Å². The van der Waals surface area contributed by atoms with Gasteiger partial charge in [0.15, 0.2) is 0 Å². The van der Waals surface area contributed by atoms with Gasteiger partial charge in [-0.2, -0.15) is 5.26 Å². The van der Waals surface area contributed by atoms with Gasteiger partial charge in [0.1, 0.15) is 0 Å². The van der Waals surface area contributed by atoms with Crippen LogP contribution in [-0.2, 0) is 0 Å². The summed E-state index contributed by atoms with van der Waals surface area (Å²) in [5.41, 5.74) is 3.85. The molecule has 0 aliphatic rings. The number of hydrogen-bond donors (Lipinski definition) is 0. The molecule has 1 nitrogen and oxygen atoms in total. The molecule has 1 heteroatoms. The van der Waals surface area contributed by atoms with Gasteiger partial charge in [-0.3, -0.25) is 0 Å². The van der Waals surface area contributed by atoms with Gasteiger partial charge in [0, 0.05) is 5.57 Å². The van der Waals surface area contributed by atoms with Gasteiger partial charge in [0.05, 0.1) is 6.07 Å². The average Bonchev–Trinajstić information content (AvgIpc) is 2.72. The van der Waals surface area contributed by atoms with Crippen molar-refractivity contribution in [2.45, 2.75) is 103 Å². The van der Waals surface area contributed by atoms with E-state index < -0.39 is 0 Å². The van der Waals surface area contributed by atoms with Crippen molar-refractivity contribution >= 4 is 5.57 Å². The number of rotatable bonds is 4. The Morgan fingerprint density at radius 3 is 1.58 bits per heavy atom. The normalized spacial score (nSPS) is 12.0. The Labute approximate surface area is 208 Å². The van der Waals surface area contributed by atoms with Gasteiger partial charge in [-0.05, 0) is 45.8 Å². The van der Waals surface area contributed by atoms with Crippen LogP contribution in [0.1, 0.15) is 108 Å². The number of benzene rings is 1. The van der Waals surface area contributed by atoms with E-state index in [2.05, 4.69) is 89.3 Å². The van der Waals surface area contributed by atoms with Crippen LogP contribution >= 0.6 is 0 Å². The van der Waals surface area contributed by atoms with Crippen LogP contribution in [0.2, 0.25) is 0 Å². The monoisotopic (exact) mass is 453 g/mol. The first-order chi connectivity index (χ1) is 14.9. The largest absolute Gasteiger partial charge is 0.192 e. The van der Waals surface area contributed by atoms with Crippen molar-refractivity contribution in [1.29, 1.82) is 5.26 Å². The van der Waals surface area contributed by atoms with E-state index in [1.165, 1.54) is 12.8 Å². The Morgan fingerprint density at radius 2 is 1.30 bits per heavy atom. The Hall–Kier alpha value is -2.07. The van der Waals surface area contributed by atoms with Crippen LogP contribution < -0.4 is 0 Å². The number of hydrogen-bond acceptors (Lipinski definition) is 1. The maximum Gasteiger partial charge on any atom is 0.0985 e. The highest BCUT2D eigenvalue weighted by Crippen LogP contribution is 2.35. The maximum atomic E-state index is 8.49. The molecule has 188 valence electrons. The summed E-state index contributed by atoms with van der Waals surface area (Å²) >= 11 is 0. The summed E-state index contributed by atoms with van der Waals surface area (Å²) in [6.45, 7) is 36.6. The number of nitriles is 1. The van der Waals surface area contributed by atoms with Crippen molar-refractivity contribution in [3.63, 3.8) is 0 Å². The minimum absolute atomic E-state index is 0.432. The topological polar surface area (TPSA) is 23.8 Å². The lowest BCUT2D eigenvalue weighted by Crippen LogP contribution is -2.22. The fraction of sp³-hybridized carbons (Fsp3) is 0.594. The summed E-state index contributed by atoms with van der Waals surface area (Å²) in [5.74, 6) is 0.808. The van der Waals surface area contributed by atoms with Crippen LogP contribution in [0.5, 0.6) is 0 Å². The second-order valence-corrected chi connectivity index (χ2v) is 11.8. The fourth-order valence-electron chi connectivity index (χ4n) is 2.21. The summed E-state index contributed by atoms with van der Waals surface area (Å²) in [6, 6.07) is 11.8. The van der Waals surface area contributed by atoms with E-state index >= 15 is 0 Å². The van der Waals surface area contributed by atoms with Crippen LogP contribution in [0.3, 0.4) is 0 Å². The van der Waals surface area contributed by atoms with Gasteiger partial charge in [0.2, 0.25) is 0 Å². The van der Waals surface area contributed by atoms with E-state index in [4.69, 9.17) is 5.26 Å². The van der Waals surface area contributed by atoms with E-state index in [1.807, 2.05) is 50.2 Å². The number of nitrogens with zero attached hydrogens (tertiary/aromatic N) is 1. The molecule has 33 heavy (non-hydrogen) atoms.